The maximum atomic E-state index is 14.0. The first kappa shape index (κ1) is 25.8. The van der Waals surface area contributed by atoms with E-state index < -0.39 is 5.91 Å². The van der Waals surface area contributed by atoms with Crippen molar-refractivity contribution in [2.45, 2.75) is 18.9 Å². The standard InChI is InChI=1S/C29H28BrN3O5/c1-37-25-11-5-7-19(27(25)38-2)14-23(31-28(35)21-8-3-4-9-22(21)30)29(36)32-15-18-13-20(17-32)24-10-6-12-26(34)33(24)16-18/h3-12,14,18,20H,13,15-17H2,1-2H3,(H,31,35)/b23-14-/t18-,20+/m0/s1. The van der Waals surface area contributed by atoms with Crippen LogP contribution in [-0.2, 0) is 11.3 Å². The predicted molar refractivity (Wildman–Crippen MR) is 147 cm³/mol. The Morgan fingerprint density at radius 1 is 0.974 bits per heavy atom. The van der Waals surface area contributed by atoms with Gasteiger partial charge in [0, 0.05) is 47.3 Å². The van der Waals surface area contributed by atoms with Crippen LogP contribution in [0.4, 0.5) is 0 Å². The van der Waals surface area contributed by atoms with E-state index >= 15 is 0 Å². The lowest BCUT2D eigenvalue weighted by Gasteiger charge is -2.43. The first-order chi connectivity index (χ1) is 18.4. The van der Waals surface area contributed by atoms with Crippen LogP contribution in [0.3, 0.4) is 0 Å². The average Bonchev–Trinajstić information content (AvgIpc) is 2.92. The topological polar surface area (TPSA) is 89.9 Å². The third-order valence-electron chi connectivity index (χ3n) is 7.10. The highest BCUT2D eigenvalue weighted by Crippen LogP contribution is 2.36. The quantitative estimate of drug-likeness (QED) is 0.446. The Balaban J connectivity index is 1.51. The maximum Gasteiger partial charge on any atom is 0.270 e. The van der Waals surface area contributed by atoms with E-state index in [1.807, 2.05) is 16.7 Å². The predicted octanol–water partition coefficient (Wildman–Crippen LogP) is 4.04. The molecule has 9 heteroatoms. The first-order valence-corrected chi connectivity index (χ1v) is 13.2. The normalized spacial score (nSPS) is 18.4. The molecule has 0 aliphatic carbocycles. The molecule has 1 aromatic heterocycles. The van der Waals surface area contributed by atoms with Gasteiger partial charge in [-0.25, -0.2) is 0 Å². The molecule has 38 heavy (non-hydrogen) atoms. The van der Waals surface area contributed by atoms with E-state index in [4.69, 9.17) is 9.47 Å². The second kappa shape index (κ2) is 10.9. The van der Waals surface area contributed by atoms with E-state index in [9.17, 15) is 14.4 Å². The number of hydrogen-bond donors (Lipinski definition) is 1. The Bertz CT molecular complexity index is 1480. The fourth-order valence-electron chi connectivity index (χ4n) is 5.40. The highest BCUT2D eigenvalue weighted by Gasteiger charge is 2.37. The minimum atomic E-state index is -0.409. The number of benzene rings is 2. The molecule has 2 amide bonds. The van der Waals surface area contributed by atoms with Gasteiger partial charge < -0.3 is 24.3 Å². The number of ether oxygens (including phenoxy) is 2. The summed E-state index contributed by atoms with van der Waals surface area (Å²) >= 11 is 3.42. The summed E-state index contributed by atoms with van der Waals surface area (Å²) in [6.45, 7) is 1.52. The smallest absolute Gasteiger partial charge is 0.270 e. The third kappa shape index (κ3) is 4.98. The highest BCUT2D eigenvalue weighted by atomic mass is 79.9. The van der Waals surface area contributed by atoms with E-state index in [1.54, 1.807) is 66.6 Å². The van der Waals surface area contributed by atoms with Crippen molar-refractivity contribution < 1.29 is 19.1 Å². The van der Waals surface area contributed by atoms with Gasteiger partial charge in [-0.05, 0) is 58.6 Å². The second-order valence-corrected chi connectivity index (χ2v) is 10.3. The van der Waals surface area contributed by atoms with Crippen LogP contribution in [0.25, 0.3) is 6.08 Å². The molecule has 3 heterocycles. The molecule has 2 aliphatic rings. The minimum absolute atomic E-state index is 0.0108. The van der Waals surface area contributed by atoms with Gasteiger partial charge in [-0.2, -0.15) is 0 Å². The van der Waals surface area contributed by atoms with E-state index in [-0.39, 0.29) is 29.0 Å². The molecule has 2 bridgehead atoms. The molecule has 1 saturated heterocycles. The molecule has 1 N–H and O–H groups in total. The lowest BCUT2D eigenvalue weighted by atomic mass is 9.83. The number of nitrogens with zero attached hydrogens (tertiary/aromatic N) is 2. The van der Waals surface area contributed by atoms with Gasteiger partial charge in [0.25, 0.3) is 17.4 Å². The number of piperidine rings is 1. The SMILES string of the molecule is COc1cccc(/C=C(\NC(=O)c2ccccc2Br)C(=O)N2C[C@@H]3C[C@H](C2)c2cccc(=O)n2C3)c1OC. The number of aromatic nitrogens is 1. The summed E-state index contributed by atoms with van der Waals surface area (Å²) < 4.78 is 13.4. The van der Waals surface area contributed by atoms with Gasteiger partial charge in [-0.15, -0.1) is 0 Å². The van der Waals surface area contributed by atoms with Gasteiger partial charge in [0.15, 0.2) is 11.5 Å². The molecule has 0 unspecified atom stereocenters. The molecule has 2 aliphatic heterocycles. The van der Waals surface area contributed by atoms with Crippen LogP contribution in [0.15, 0.2) is 75.6 Å². The van der Waals surface area contributed by atoms with E-state index in [0.29, 0.717) is 46.7 Å². The zero-order valence-electron chi connectivity index (χ0n) is 21.1. The van der Waals surface area contributed by atoms with Gasteiger partial charge in [0.1, 0.15) is 5.70 Å². The van der Waals surface area contributed by atoms with Crippen LogP contribution >= 0.6 is 15.9 Å². The fraction of sp³-hybridized carbons (Fsp3) is 0.276. The van der Waals surface area contributed by atoms with Crippen molar-refractivity contribution in [2.75, 3.05) is 27.3 Å². The first-order valence-electron chi connectivity index (χ1n) is 12.4. The van der Waals surface area contributed by atoms with Gasteiger partial charge in [0.05, 0.1) is 19.8 Å². The molecule has 2 atom stereocenters. The van der Waals surface area contributed by atoms with Gasteiger partial charge in [-0.3, -0.25) is 14.4 Å². The Hall–Kier alpha value is -3.85. The number of halogens is 1. The number of likely N-dealkylation sites (tertiary alicyclic amines) is 1. The lowest BCUT2D eigenvalue weighted by Crippen LogP contribution is -2.50. The Morgan fingerprint density at radius 3 is 2.53 bits per heavy atom. The number of methoxy groups -OCH3 is 2. The number of carbonyl (C=O) groups excluding carboxylic acids is 2. The molecular weight excluding hydrogens is 550 g/mol. The minimum Gasteiger partial charge on any atom is -0.493 e. The van der Waals surface area contributed by atoms with Crippen molar-refractivity contribution in [1.29, 1.82) is 0 Å². The molecule has 8 nitrogen and oxygen atoms in total. The number of rotatable bonds is 6. The van der Waals surface area contributed by atoms with Crippen molar-refractivity contribution in [2.24, 2.45) is 5.92 Å². The molecule has 0 spiro atoms. The van der Waals surface area contributed by atoms with Gasteiger partial charge in [0.2, 0.25) is 0 Å². The number of carbonyl (C=O) groups is 2. The Kier molecular flexibility index (Phi) is 7.37. The van der Waals surface area contributed by atoms with E-state index in [1.165, 1.54) is 7.11 Å². The fourth-order valence-corrected chi connectivity index (χ4v) is 5.86. The molecule has 196 valence electrons. The van der Waals surface area contributed by atoms with Gasteiger partial charge >= 0.3 is 0 Å². The monoisotopic (exact) mass is 577 g/mol. The molecule has 1 fully saturated rings. The molecule has 0 saturated carbocycles. The van der Waals surface area contributed by atoms with E-state index in [2.05, 4.69) is 21.2 Å². The van der Waals surface area contributed by atoms with Crippen LogP contribution < -0.4 is 20.3 Å². The number of para-hydroxylation sites is 1. The lowest BCUT2D eigenvalue weighted by molar-refractivity contribution is -0.130. The van der Waals surface area contributed by atoms with Crippen molar-refractivity contribution in [1.82, 2.24) is 14.8 Å². The average molecular weight is 578 g/mol. The zero-order valence-corrected chi connectivity index (χ0v) is 22.7. The summed E-state index contributed by atoms with van der Waals surface area (Å²) in [5.41, 5.74) is 2.07. The van der Waals surface area contributed by atoms with Crippen LogP contribution in [0, 0.1) is 5.92 Å². The van der Waals surface area contributed by atoms with Crippen molar-refractivity contribution >= 4 is 33.8 Å². The maximum absolute atomic E-state index is 14.0. The van der Waals surface area contributed by atoms with Crippen LogP contribution in [-0.4, -0.2) is 48.6 Å². The summed E-state index contributed by atoms with van der Waals surface area (Å²) in [5.74, 6) is 0.465. The second-order valence-electron chi connectivity index (χ2n) is 9.48. The Morgan fingerprint density at radius 2 is 1.76 bits per heavy atom. The summed E-state index contributed by atoms with van der Waals surface area (Å²) in [6.07, 6.45) is 2.54. The van der Waals surface area contributed by atoms with Gasteiger partial charge in [-0.1, -0.05) is 30.3 Å². The number of pyridine rings is 1. The number of amides is 2. The zero-order chi connectivity index (χ0) is 26.8. The van der Waals surface area contributed by atoms with Crippen LogP contribution in [0.1, 0.15) is 34.0 Å². The summed E-state index contributed by atoms with van der Waals surface area (Å²) in [6, 6.07) is 17.7. The largest absolute Gasteiger partial charge is 0.493 e. The van der Waals surface area contributed by atoms with E-state index in [0.717, 1.165) is 12.1 Å². The molecule has 0 radical (unpaired) electrons. The third-order valence-corrected chi connectivity index (χ3v) is 7.79. The number of hydrogen-bond acceptors (Lipinski definition) is 5. The van der Waals surface area contributed by atoms with Crippen LogP contribution in [0.2, 0.25) is 0 Å². The summed E-state index contributed by atoms with van der Waals surface area (Å²) in [4.78, 5) is 41.5. The number of fused-ring (bicyclic) bond motifs is 4. The van der Waals surface area contributed by atoms with Crippen molar-refractivity contribution in [3.63, 3.8) is 0 Å². The number of nitrogens with one attached hydrogen (secondary N) is 1. The van der Waals surface area contributed by atoms with Crippen molar-refractivity contribution in [3.05, 3.63) is 98.0 Å². The molecule has 5 rings (SSSR count). The van der Waals surface area contributed by atoms with Crippen LogP contribution in [0.5, 0.6) is 11.5 Å². The Labute approximate surface area is 229 Å². The summed E-state index contributed by atoms with van der Waals surface area (Å²) in [7, 11) is 3.07. The molecule has 3 aromatic rings. The summed E-state index contributed by atoms with van der Waals surface area (Å²) in [5, 5.41) is 2.85. The molecule has 2 aromatic carbocycles. The van der Waals surface area contributed by atoms with Crippen molar-refractivity contribution in [3.8, 4) is 11.5 Å². The molecular formula is C29H28BrN3O5. The highest BCUT2D eigenvalue weighted by molar-refractivity contribution is 9.10.